The smallest absolute Gasteiger partial charge is 0.340 e. The number of unbranched alkanes of at least 4 members (excludes halogenated alkanes) is 9. The number of nitrogens with two attached hydrogens (primary N) is 1. The number of halogens is 2. The second-order valence-corrected chi connectivity index (χ2v) is 14.9. The number of alkyl halides is 2. The Bertz CT molecular complexity index is 1110. The summed E-state index contributed by atoms with van der Waals surface area (Å²) in [4.78, 5) is 39.4. The molecule has 0 radical (unpaired) electrons. The summed E-state index contributed by atoms with van der Waals surface area (Å²) < 4.78 is 38.7. The number of allylic oxidation sites excluding steroid dienone is 1. The van der Waals surface area contributed by atoms with Gasteiger partial charge in [0, 0.05) is 12.8 Å². The summed E-state index contributed by atoms with van der Waals surface area (Å²) in [7, 11) is 0. The van der Waals surface area contributed by atoms with Crippen LogP contribution in [-0.4, -0.2) is 64.7 Å². The van der Waals surface area contributed by atoms with Crippen molar-refractivity contribution >= 4 is 29.5 Å². The van der Waals surface area contributed by atoms with E-state index < -0.39 is 53.8 Å². The Labute approximate surface area is 297 Å². The maximum atomic E-state index is 13.9. The second-order valence-electron chi connectivity index (χ2n) is 13.7. The summed E-state index contributed by atoms with van der Waals surface area (Å²) >= 11 is 1.98. The van der Waals surface area contributed by atoms with Crippen molar-refractivity contribution in [2.75, 3.05) is 18.1 Å². The van der Waals surface area contributed by atoms with Gasteiger partial charge in [0.15, 0.2) is 5.60 Å². The number of esters is 1. The van der Waals surface area contributed by atoms with Gasteiger partial charge in [0.1, 0.15) is 17.4 Å². The molecule has 0 unspecified atom stereocenters. The summed E-state index contributed by atoms with van der Waals surface area (Å²) in [5.74, 6) is -2.00. The molecule has 4 N–H and O–H groups in total. The lowest BCUT2D eigenvalue weighted by atomic mass is 9.82. The summed E-state index contributed by atoms with van der Waals surface area (Å²) in [5.41, 5.74) is 2.29. The third-order valence-electron chi connectivity index (χ3n) is 7.93. The third kappa shape index (κ3) is 19.4. The fourth-order valence-electron chi connectivity index (χ4n) is 5.14. The molecule has 0 aromatic heterocycles. The Morgan fingerprint density at radius 3 is 2.06 bits per heavy atom. The number of ether oxygens (including phenoxy) is 2. The highest BCUT2D eigenvalue weighted by Crippen LogP contribution is 2.31. The second kappa shape index (κ2) is 24.5. The van der Waals surface area contributed by atoms with Gasteiger partial charge in [-0.2, -0.15) is 11.8 Å². The molecule has 0 heterocycles. The molecule has 1 aromatic carbocycles. The fraction of sp³-hybridized carbons (Fsp3) is 0.711. The molecule has 0 fully saturated rings. The molecule has 2 amide bonds. The molecule has 0 saturated heterocycles. The van der Waals surface area contributed by atoms with Crippen LogP contribution in [0.25, 0.3) is 0 Å². The van der Waals surface area contributed by atoms with Gasteiger partial charge in [-0.05, 0) is 82.1 Å². The van der Waals surface area contributed by atoms with E-state index in [0.29, 0.717) is 24.3 Å². The zero-order valence-corrected chi connectivity index (χ0v) is 31.3. The van der Waals surface area contributed by atoms with E-state index in [1.807, 2.05) is 11.8 Å². The zero-order chi connectivity index (χ0) is 36.7. The van der Waals surface area contributed by atoms with Gasteiger partial charge >= 0.3 is 5.97 Å². The minimum Gasteiger partial charge on any atom is -0.494 e. The van der Waals surface area contributed by atoms with Crippen LogP contribution >= 0.6 is 11.8 Å². The Balaban J connectivity index is 2.99. The maximum Gasteiger partial charge on any atom is 0.340 e. The SMILES string of the molecule is CCCCCCCSCCCCCC/C=C/[C@H](C(=O)N[C@@H](Cc1ccc(OCCCC)cc1)C(N)=O)[C@@](O)(CC(F)F)C(=O)OC(C)(C)C. The number of hydrogen-bond donors (Lipinski definition) is 3. The highest BCUT2D eigenvalue weighted by atomic mass is 32.2. The molecule has 0 bridgehead atoms. The monoisotopic (exact) mass is 712 g/mol. The van der Waals surface area contributed by atoms with Gasteiger partial charge in [-0.3, -0.25) is 9.59 Å². The van der Waals surface area contributed by atoms with Crippen LogP contribution in [-0.2, 0) is 25.5 Å². The van der Waals surface area contributed by atoms with Crippen molar-refractivity contribution in [3.8, 4) is 5.75 Å². The maximum absolute atomic E-state index is 13.9. The third-order valence-corrected chi connectivity index (χ3v) is 9.09. The van der Waals surface area contributed by atoms with Gasteiger partial charge in [0.05, 0.1) is 12.5 Å². The van der Waals surface area contributed by atoms with E-state index in [-0.39, 0.29) is 6.42 Å². The first-order chi connectivity index (χ1) is 23.2. The van der Waals surface area contributed by atoms with Gasteiger partial charge < -0.3 is 25.6 Å². The van der Waals surface area contributed by atoms with Crippen LogP contribution in [0.3, 0.4) is 0 Å². The Kier molecular flexibility index (Phi) is 22.2. The van der Waals surface area contributed by atoms with Gasteiger partial charge in [-0.1, -0.05) is 83.1 Å². The van der Waals surface area contributed by atoms with E-state index in [0.717, 1.165) is 44.3 Å². The topological polar surface area (TPSA) is 128 Å². The normalized spacial score (nSPS) is 14.4. The Hall–Kier alpha value is -2.66. The first-order valence-electron chi connectivity index (χ1n) is 18.0. The van der Waals surface area contributed by atoms with Crippen molar-refractivity contribution in [3.63, 3.8) is 0 Å². The summed E-state index contributed by atoms with van der Waals surface area (Å²) in [6, 6.07) is 5.73. The molecule has 1 rings (SSSR count). The average molecular weight is 713 g/mol. The van der Waals surface area contributed by atoms with Crippen molar-refractivity contribution in [1.82, 2.24) is 5.32 Å². The number of rotatable bonds is 27. The summed E-state index contributed by atoms with van der Waals surface area (Å²) in [6.45, 7) is 9.45. The molecule has 8 nitrogen and oxygen atoms in total. The Morgan fingerprint density at radius 1 is 0.918 bits per heavy atom. The molecule has 0 spiro atoms. The highest BCUT2D eigenvalue weighted by Gasteiger charge is 2.51. The lowest BCUT2D eigenvalue weighted by Crippen LogP contribution is -2.57. The predicted molar refractivity (Wildman–Crippen MR) is 195 cm³/mol. The largest absolute Gasteiger partial charge is 0.494 e. The van der Waals surface area contributed by atoms with E-state index in [1.54, 1.807) is 30.3 Å². The molecule has 3 atom stereocenters. The molecule has 0 aliphatic carbocycles. The van der Waals surface area contributed by atoms with Crippen molar-refractivity contribution in [2.24, 2.45) is 11.7 Å². The van der Waals surface area contributed by atoms with Crippen LogP contribution in [0, 0.1) is 5.92 Å². The molecule has 49 heavy (non-hydrogen) atoms. The zero-order valence-electron chi connectivity index (χ0n) is 30.4. The van der Waals surface area contributed by atoms with E-state index in [1.165, 1.54) is 64.7 Å². The molecule has 0 saturated carbocycles. The standard InChI is InChI=1S/C38H62F2N2O6S/c1-6-8-10-14-17-25-49-26-18-15-12-11-13-16-19-31(38(46,28-33(39)40)36(45)48-37(3,4)5)35(44)42-32(34(41)43)27-29-20-22-30(23-21-29)47-24-9-7-2/h16,19-23,31-33,46H,6-15,17-18,24-28H2,1-5H3,(H2,41,43)(H,42,44)/b19-16+/t31-,32+,38+/m1/s1. The number of amides is 2. The quantitative estimate of drug-likeness (QED) is 0.0480. The van der Waals surface area contributed by atoms with Crippen LogP contribution in [0.15, 0.2) is 36.4 Å². The molecule has 1 aromatic rings. The van der Waals surface area contributed by atoms with Gasteiger partial charge in [-0.25, -0.2) is 13.6 Å². The number of hydrogen-bond acceptors (Lipinski definition) is 7. The van der Waals surface area contributed by atoms with Gasteiger partial charge in [-0.15, -0.1) is 0 Å². The minimum atomic E-state index is -3.12. The van der Waals surface area contributed by atoms with E-state index >= 15 is 0 Å². The van der Waals surface area contributed by atoms with E-state index in [4.69, 9.17) is 15.2 Å². The van der Waals surface area contributed by atoms with Crippen LogP contribution in [0.4, 0.5) is 8.78 Å². The molecule has 280 valence electrons. The lowest BCUT2D eigenvalue weighted by Gasteiger charge is -2.34. The summed E-state index contributed by atoms with van der Waals surface area (Å²) in [6.07, 6.45) is 11.1. The molecular formula is C38H62F2N2O6S. The van der Waals surface area contributed by atoms with E-state index in [9.17, 15) is 28.3 Å². The van der Waals surface area contributed by atoms with Crippen LogP contribution < -0.4 is 15.8 Å². The lowest BCUT2D eigenvalue weighted by molar-refractivity contribution is -0.188. The van der Waals surface area contributed by atoms with Gasteiger partial charge in [0.2, 0.25) is 18.2 Å². The average Bonchev–Trinajstić information content (AvgIpc) is 3.02. The fourth-order valence-corrected chi connectivity index (χ4v) is 6.16. The molecule has 0 aliphatic heterocycles. The van der Waals surface area contributed by atoms with Crippen LogP contribution in [0.5, 0.6) is 5.75 Å². The molecule has 11 heteroatoms. The van der Waals surface area contributed by atoms with Crippen molar-refractivity contribution in [2.45, 2.75) is 148 Å². The predicted octanol–water partition coefficient (Wildman–Crippen LogP) is 7.93. The molecular weight excluding hydrogens is 650 g/mol. The van der Waals surface area contributed by atoms with E-state index in [2.05, 4.69) is 19.2 Å². The Morgan fingerprint density at radius 2 is 1.51 bits per heavy atom. The minimum absolute atomic E-state index is 0.00358. The van der Waals surface area contributed by atoms with Crippen LogP contribution in [0.2, 0.25) is 0 Å². The first-order valence-corrected chi connectivity index (χ1v) is 19.2. The number of primary amides is 1. The number of thioether (sulfide) groups is 1. The number of carbonyl (C=O) groups excluding carboxylic acids is 3. The number of carbonyl (C=O) groups is 3. The summed E-state index contributed by atoms with van der Waals surface area (Å²) in [5, 5.41) is 14.0. The van der Waals surface area contributed by atoms with Crippen molar-refractivity contribution in [1.29, 1.82) is 0 Å². The van der Waals surface area contributed by atoms with Crippen LogP contribution in [0.1, 0.15) is 124 Å². The van der Waals surface area contributed by atoms with Gasteiger partial charge in [0.25, 0.3) is 0 Å². The number of nitrogens with one attached hydrogen (secondary N) is 1. The molecule has 0 aliphatic rings. The van der Waals surface area contributed by atoms with Crippen molar-refractivity contribution < 1.29 is 37.7 Å². The first kappa shape index (κ1) is 44.4. The van der Waals surface area contributed by atoms with Crippen molar-refractivity contribution in [3.05, 3.63) is 42.0 Å². The highest BCUT2D eigenvalue weighted by molar-refractivity contribution is 7.99. The number of benzene rings is 1. The number of aliphatic hydroxyl groups is 1.